The topological polar surface area (TPSA) is 203 Å². The van der Waals surface area contributed by atoms with E-state index in [1.54, 1.807) is 0 Å². The molecule has 0 aromatic rings. The van der Waals surface area contributed by atoms with Crippen molar-refractivity contribution in [2.75, 3.05) is 0 Å². The molecule has 0 aromatic heterocycles. The molecule has 6 nitrogen and oxygen atoms in total. The van der Waals surface area contributed by atoms with Crippen molar-refractivity contribution in [3.63, 3.8) is 0 Å². The Morgan fingerprint density at radius 1 is 0.429 bits per heavy atom. The van der Waals surface area contributed by atoms with Gasteiger partial charge in [-0.25, -0.2) is 0 Å². The van der Waals surface area contributed by atoms with Gasteiger partial charge in [-0.05, 0) is 0 Å². The molecule has 0 unspecified atom stereocenters. The Bertz CT molecular complexity index is 9.65. The summed E-state index contributed by atoms with van der Waals surface area (Å²) in [5, 5.41) is 0. The monoisotopic (exact) mass is 162 g/mol. The van der Waals surface area contributed by atoms with Crippen molar-refractivity contribution in [2.45, 2.75) is 0 Å². The molecule has 0 aliphatic carbocycles. The van der Waals surface area contributed by atoms with Crippen LogP contribution in [-0.2, 0) is 16.5 Å². The van der Waals surface area contributed by atoms with E-state index < -0.39 is 0 Å². The van der Waals surface area contributed by atoms with E-state index in [4.69, 9.17) is 0 Å². The van der Waals surface area contributed by atoms with E-state index in [2.05, 4.69) is 0 Å². The molecule has 0 aliphatic rings. The van der Waals surface area contributed by atoms with Crippen LogP contribution in [0.5, 0.6) is 0 Å². The molecule has 7 heteroatoms. The Labute approximate surface area is 52.9 Å². The molecule has 0 bridgehead atoms. The average Bonchev–Trinajstić information content (AvgIpc) is 0. The van der Waals surface area contributed by atoms with Crippen LogP contribution in [0.2, 0.25) is 0 Å². The number of rotatable bonds is 0. The van der Waals surface area contributed by atoms with E-state index in [1.165, 1.54) is 0 Å². The van der Waals surface area contributed by atoms with E-state index >= 15 is 0 Å². The van der Waals surface area contributed by atoms with Crippen LogP contribution in [0.4, 0.5) is 0 Å². The third-order valence-electron chi connectivity index (χ3n) is 0. The fourth-order valence-corrected chi connectivity index (χ4v) is 0. The van der Waals surface area contributed by atoms with Crippen molar-refractivity contribution >= 4 is 0 Å². The van der Waals surface area contributed by atoms with Gasteiger partial charge in [0.1, 0.15) is 0 Å². The summed E-state index contributed by atoms with van der Waals surface area (Å²) < 4.78 is 0. The van der Waals surface area contributed by atoms with Crippen LogP contribution in [0.1, 0.15) is 0 Å². The first kappa shape index (κ1) is 4410. The fraction of sp³-hybridized carbons (Fsp3) is 0. The molecule has 56 valence electrons. The van der Waals surface area contributed by atoms with Gasteiger partial charge < -0.3 is 35.6 Å². The van der Waals surface area contributed by atoms with Crippen molar-refractivity contribution in [3.05, 3.63) is 0 Å². The van der Waals surface area contributed by atoms with Gasteiger partial charge in [-0.2, -0.15) is 0 Å². The maximum absolute atomic E-state index is 0. The predicted octanol–water partition coefficient (Wildman–Crippen LogP) is -1.00. The van der Waals surface area contributed by atoms with Crippen LogP contribution in [0.3, 0.4) is 0 Å². The minimum atomic E-state index is 0. The van der Waals surface area contributed by atoms with Crippen LogP contribution < -0.4 is 24.6 Å². The molecule has 0 amide bonds. The Kier molecular flexibility index (Phi) is 1690000. The molecule has 0 aromatic carbocycles. The average molecular weight is 163 g/mol. The van der Waals surface area contributed by atoms with Gasteiger partial charge in [-0.1, -0.05) is 0 Å². The third kappa shape index (κ3) is 1760. The first-order valence-corrected chi connectivity index (χ1v) is 0. The van der Waals surface area contributed by atoms with Gasteiger partial charge in [-0.15, -0.1) is 0 Å². The Balaban J connectivity index is 0. The molecule has 7 heavy (non-hydrogen) atoms. The molecule has 16 N–H and O–H groups in total. The van der Waals surface area contributed by atoms with Crippen LogP contribution in [0.15, 0.2) is 0 Å². The van der Waals surface area contributed by atoms with Gasteiger partial charge in [0.25, 0.3) is 0 Å². The Morgan fingerprint density at radius 3 is 0.429 bits per heavy atom. The predicted molar refractivity (Wildman–Crippen MR) is 27.3 cm³/mol. The number of hydrogen-bond donors (Lipinski definition) is 4. The molecular weight excluding hydrogens is 147 g/mol. The van der Waals surface area contributed by atoms with Crippen molar-refractivity contribution in [1.29, 1.82) is 0 Å². The zero-order valence-electron chi connectivity index (χ0n) is 4.14. The van der Waals surface area contributed by atoms with E-state index in [9.17, 15) is 0 Å². The van der Waals surface area contributed by atoms with Gasteiger partial charge in [-0.3, -0.25) is 0 Å². The molecular formula is H16N4NiO2+2. The first-order valence-electron chi connectivity index (χ1n) is 0. The summed E-state index contributed by atoms with van der Waals surface area (Å²) in [6.07, 6.45) is 0. The molecule has 0 atom stereocenters. The summed E-state index contributed by atoms with van der Waals surface area (Å²) >= 11 is 0. The molecule has 0 aliphatic heterocycles. The van der Waals surface area contributed by atoms with Gasteiger partial charge in [0.2, 0.25) is 0 Å². The maximum atomic E-state index is 0. The SMILES string of the molecule is N.N.N.N.O.O.[Ni+2]. The van der Waals surface area contributed by atoms with Gasteiger partial charge in [0.05, 0.1) is 0 Å². The van der Waals surface area contributed by atoms with Crippen LogP contribution in [0, 0.1) is 0 Å². The molecule has 0 saturated carbocycles. The second kappa shape index (κ2) is 2690. The van der Waals surface area contributed by atoms with Gasteiger partial charge in [0.15, 0.2) is 0 Å². The zero-order valence-corrected chi connectivity index (χ0v) is 5.13. The van der Waals surface area contributed by atoms with Crippen molar-refractivity contribution < 1.29 is 27.4 Å². The van der Waals surface area contributed by atoms with E-state index in [0.717, 1.165) is 0 Å². The Hall–Kier alpha value is 0.254. The molecule has 0 saturated heterocycles. The van der Waals surface area contributed by atoms with Gasteiger partial charge in [0, 0.05) is 0 Å². The molecule has 0 radical (unpaired) electrons. The fourth-order valence-electron chi connectivity index (χ4n) is 0. The molecule has 0 spiro atoms. The normalized spacial score (nSPS) is 0. The van der Waals surface area contributed by atoms with Crippen molar-refractivity contribution in [3.8, 4) is 0 Å². The summed E-state index contributed by atoms with van der Waals surface area (Å²) in [4.78, 5) is 0. The minimum Gasteiger partial charge on any atom is -0.412 e. The van der Waals surface area contributed by atoms with Crippen LogP contribution >= 0.6 is 0 Å². The third-order valence-corrected chi connectivity index (χ3v) is 0. The molecule has 0 rings (SSSR count). The van der Waals surface area contributed by atoms with Crippen molar-refractivity contribution in [1.82, 2.24) is 24.6 Å². The minimum absolute atomic E-state index is 0. The summed E-state index contributed by atoms with van der Waals surface area (Å²) in [6.45, 7) is 0. The zero-order chi connectivity index (χ0) is 0. The summed E-state index contributed by atoms with van der Waals surface area (Å²) in [6, 6.07) is 0. The van der Waals surface area contributed by atoms with E-state index in [-0.39, 0.29) is 52.0 Å². The maximum Gasteiger partial charge on any atom is 2.00 e. The smallest absolute Gasteiger partial charge is 0.412 e. The van der Waals surface area contributed by atoms with Crippen LogP contribution in [-0.4, -0.2) is 11.0 Å². The van der Waals surface area contributed by atoms with Crippen LogP contribution in [0.25, 0.3) is 0 Å². The second-order valence-electron chi connectivity index (χ2n) is 0. The largest absolute Gasteiger partial charge is 2.00 e. The molecule has 0 heterocycles. The molecule has 0 fully saturated rings. The van der Waals surface area contributed by atoms with Crippen molar-refractivity contribution in [2.24, 2.45) is 0 Å². The standard InChI is InChI=1S/4H3N.Ni.2H2O/h4*1H3;;2*1H2/q;;;;+2;;. The Morgan fingerprint density at radius 2 is 0.429 bits per heavy atom. The van der Waals surface area contributed by atoms with E-state index in [1.807, 2.05) is 0 Å². The summed E-state index contributed by atoms with van der Waals surface area (Å²) in [5.41, 5.74) is 0. The van der Waals surface area contributed by atoms with Gasteiger partial charge >= 0.3 is 16.5 Å². The quantitative estimate of drug-likeness (QED) is 0.331. The first-order chi connectivity index (χ1) is 0. The second-order valence-corrected chi connectivity index (χ2v) is 0. The summed E-state index contributed by atoms with van der Waals surface area (Å²) in [7, 11) is 0. The summed E-state index contributed by atoms with van der Waals surface area (Å²) in [5.74, 6) is 0. The van der Waals surface area contributed by atoms with E-state index in [0.29, 0.717) is 0 Å². The number of hydrogen-bond acceptors (Lipinski definition) is 4.